The summed E-state index contributed by atoms with van der Waals surface area (Å²) in [4.78, 5) is 34.5. The standard InChI is InChI=1S/C36H44F5N3O5/c1-47-34(46)29-19-28(49-32-30(36(39,40)41)18-23(20-42-32)21-43-17-5-16-35(37,38)22-43)14-15-31(29)44(33(45)24-6-3-2-4-7-24)25-8-10-26(11-9-25)48-27-12-13-27/h14-15,18-20,24-27H,2-13,16-17,21-22H2,1H3. The number of esters is 1. The van der Waals surface area contributed by atoms with Gasteiger partial charge in [-0.15, -0.1) is 0 Å². The third-order valence-corrected chi connectivity index (χ3v) is 10.0. The van der Waals surface area contributed by atoms with Gasteiger partial charge in [0.15, 0.2) is 0 Å². The number of hydrogen-bond donors (Lipinski definition) is 0. The number of anilines is 1. The SMILES string of the molecule is COC(=O)c1cc(Oc2ncc(CN3CCCC(F)(F)C3)cc2C(F)(F)F)ccc1N(C(=O)C1CCCCC1)C1CCC(OC2CC2)CC1. The first kappa shape index (κ1) is 35.5. The van der Waals surface area contributed by atoms with Crippen LogP contribution >= 0.6 is 0 Å². The number of rotatable bonds is 10. The van der Waals surface area contributed by atoms with E-state index in [0.29, 0.717) is 31.2 Å². The van der Waals surface area contributed by atoms with Crippen molar-refractivity contribution in [1.29, 1.82) is 0 Å². The van der Waals surface area contributed by atoms with Crippen LogP contribution in [0.1, 0.15) is 105 Å². The Labute approximate surface area is 283 Å². The quantitative estimate of drug-likeness (QED) is 0.183. The largest absolute Gasteiger partial charge is 0.465 e. The molecule has 49 heavy (non-hydrogen) atoms. The van der Waals surface area contributed by atoms with Crippen LogP contribution in [-0.2, 0) is 27.0 Å². The van der Waals surface area contributed by atoms with Crippen molar-refractivity contribution in [3.8, 4) is 11.6 Å². The highest BCUT2D eigenvalue weighted by Gasteiger charge is 2.40. The maximum atomic E-state index is 14.3. The molecule has 0 spiro atoms. The topological polar surface area (TPSA) is 81.2 Å². The molecule has 268 valence electrons. The van der Waals surface area contributed by atoms with E-state index in [1.54, 1.807) is 4.90 Å². The Kier molecular flexibility index (Phi) is 10.8. The molecule has 4 fully saturated rings. The second kappa shape index (κ2) is 14.9. The Morgan fingerprint density at radius 1 is 0.959 bits per heavy atom. The highest BCUT2D eigenvalue weighted by molar-refractivity contribution is 6.04. The summed E-state index contributed by atoms with van der Waals surface area (Å²) in [6, 6.07) is 4.92. The fraction of sp³-hybridized carbons (Fsp3) is 0.639. The zero-order valence-corrected chi connectivity index (χ0v) is 27.8. The smallest absolute Gasteiger partial charge is 0.421 e. The number of hydrogen-bond acceptors (Lipinski definition) is 7. The van der Waals surface area contributed by atoms with Gasteiger partial charge < -0.3 is 19.1 Å². The number of benzene rings is 1. The molecule has 1 amide bonds. The van der Waals surface area contributed by atoms with Crippen molar-refractivity contribution in [2.45, 2.75) is 120 Å². The van der Waals surface area contributed by atoms with Crippen molar-refractivity contribution in [2.24, 2.45) is 5.92 Å². The van der Waals surface area contributed by atoms with Crippen molar-refractivity contribution in [3.63, 3.8) is 0 Å². The van der Waals surface area contributed by atoms with Gasteiger partial charge in [-0.05, 0) is 94.2 Å². The van der Waals surface area contributed by atoms with Crippen molar-refractivity contribution in [3.05, 3.63) is 47.2 Å². The third-order valence-electron chi connectivity index (χ3n) is 10.0. The molecule has 3 saturated carbocycles. The lowest BCUT2D eigenvalue weighted by Crippen LogP contribution is -2.47. The van der Waals surface area contributed by atoms with E-state index in [-0.39, 0.29) is 60.2 Å². The molecule has 8 nitrogen and oxygen atoms in total. The van der Waals surface area contributed by atoms with Crippen LogP contribution in [0.4, 0.5) is 27.6 Å². The van der Waals surface area contributed by atoms with Crippen LogP contribution in [0.5, 0.6) is 11.6 Å². The van der Waals surface area contributed by atoms with Crippen molar-refractivity contribution in [2.75, 3.05) is 25.1 Å². The molecule has 0 N–H and O–H groups in total. The molecule has 2 heterocycles. The van der Waals surface area contributed by atoms with Gasteiger partial charge in [0, 0.05) is 31.1 Å². The first-order valence-electron chi connectivity index (χ1n) is 17.5. The average molecular weight is 694 g/mol. The van der Waals surface area contributed by atoms with Gasteiger partial charge in [-0.2, -0.15) is 13.2 Å². The molecule has 0 unspecified atom stereocenters. The van der Waals surface area contributed by atoms with Gasteiger partial charge in [-0.25, -0.2) is 18.6 Å². The Morgan fingerprint density at radius 3 is 2.29 bits per heavy atom. The first-order chi connectivity index (χ1) is 23.4. The predicted octanol–water partition coefficient (Wildman–Crippen LogP) is 8.31. The first-order valence-corrected chi connectivity index (χ1v) is 17.5. The van der Waals surface area contributed by atoms with E-state index in [9.17, 15) is 31.5 Å². The maximum Gasteiger partial charge on any atom is 0.421 e. The molecular weight excluding hydrogens is 649 g/mol. The lowest BCUT2D eigenvalue weighted by molar-refractivity contribution is -0.139. The number of carbonyl (C=O) groups excluding carboxylic acids is 2. The van der Waals surface area contributed by atoms with Gasteiger partial charge in [0.25, 0.3) is 5.92 Å². The minimum atomic E-state index is -4.86. The second-order valence-electron chi connectivity index (χ2n) is 13.9. The number of amides is 1. The monoisotopic (exact) mass is 693 g/mol. The number of nitrogens with zero attached hydrogens (tertiary/aromatic N) is 3. The third kappa shape index (κ3) is 8.89. The number of carbonyl (C=O) groups is 2. The van der Waals surface area contributed by atoms with Crippen molar-refractivity contribution >= 4 is 17.6 Å². The minimum Gasteiger partial charge on any atom is -0.465 e. The Balaban J connectivity index is 1.28. The molecule has 1 aromatic heterocycles. The number of alkyl halides is 5. The van der Waals surface area contributed by atoms with E-state index in [0.717, 1.165) is 63.9 Å². The Morgan fingerprint density at radius 2 is 1.65 bits per heavy atom. The normalized spacial score (nSPS) is 23.6. The van der Waals surface area contributed by atoms with Crippen LogP contribution < -0.4 is 9.64 Å². The zero-order valence-electron chi connectivity index (χ0n) is 27.8. The average Bonchev–Trinajstić information content (AvgIpc) is 3.90. The van der Waals surface area contributed by atoms with Crippen molar-refractivity contribution < 1.29 is 45.8 Å². The second-order valence-corrected chi connectivity index (χ2v) is 13.9. The molecule has 2 aromatic rings. The molecule has 0 bridgehead atoms. The highest BCUT2D eigenvalue weighted by atomic mass is 19.4. The fourth-order valence-corrected chi connectivity index (χ4v) is 7.44. The number of pyridine rings is 1. The van der Waals surface area contributed by atoms with Crippen LogP contribution in [0.15, 0.2) is 30.5 Å². The van der Waals surface area contributed by atoms with Crippen LogP contribution in [0.25, 0.3) is 0 Å². The Hall–Kier alpha value is -3.32. The lowest BCUT2D eigenvalue weighted by atomic mass is 9.85. The van der Waals surface area contributed by atoms with E-state index in [2.05, 4.69) is 4.98 Å². The number of ether oxygens (including phenoxy) is 3. The summed E-state index contributed by atoms with van der Waals surface area (Å²) in [6.07, 6.45) is 6.34. The maximum absolute atomic E-state index is 14.3. The Bertz CT molecular complexity index is 1490. The molecule has 3 aliphatic carbocycles. The minimum absolute atomic E-state index is 0.00304. The summed E-state index contributed by atoms with van der Waals surface area (Å²) in [7, 11) is 1.20. The summed E-state index contributed by atoms with van der Waals surface area (Å²) < 4.78 is 87.5. The molecule has 1 saturated heterocycles. The fourth-order valence-electron chi connectivity index (χ4n) is 7.44. The molecule has 4 aliphatic rings. The highest BCUT2D eigenvalue weighted by Crippen LogP contribution is 2.41. The van der Waals surface area contributed by atoms with Gasteiger partial charge in [-0.1, -0.05) is 19.3 Å². The van der Waals surface area contributed by atoms with Gasteiger partial charge >= 0.3 is 12.1 Å². The summed E-state index contributed by atoms with van der Waals surface area (Å²) in [5.74, 6) is -4.75. The molecule has 0 atom stereocenters. The van der Waals surface area contributed by atoms with Gasteiger partial charge in [0.2, 0.25) is 11.8 Å². The van der Waals surface area contributed by atoms with Crippen LogP contribution in [0.2, 0.25) is 0 Å². The van der Waals surface area contributed by atoms with Gasteiger partial charge in [-0.3, -0.25) is 9.69 Å². The van der Waals surface area contributed by atoms with E-state index < -0.39 is 36.1 Å². The summed E-state index contributed by atoms with van der Waals surface area (Å²) >= 11 is 0. The number of piperidine rings is 1. The van der Waals surface area contributed by atoms with Gasteiger partial charge in [0.05, 0.1) is 37.1 Å². The zero-order chi connectivity index (χ0) is 34.8. The van der Waals surface area contributed by atoms with Gasteiger partial charge in [0.1, 0.15) is 11.3 Å². The number of methoxy groups -OCH3 is 1. The molecule has 1 aromatic carbocycles. The molecule has 1 aliphatic heterocycles. The van der Waals surface area contributed by atoms with E-state index in [1.807, 2.05) is 0 Å². The molecule has 13 heteroatoms. The summed E-state index contributed by atoms with van der Waals surface area (Å²) in [5, 5.41) is 0. The van der Waals surface area contributed by atoms with Crippen LogP contribution in [0, 0.1) is 5.92 Å². The number of halogens is 5. The predicted molar refractivity (Wildman–Crippen MR) is 171 cm³/mol. The summed E-state index contributed by atoms with van der Waals surface area (Å²) in [6.45, 7) is -0.314. The molecule has 6 rings (SSSR count). The van der Waals surface area contributed by atoms with E-state index in [4.69, 9.17) is 14.2 Å². The number of aromatic nitrogens is 1. The number of likely N-dealkylation sites (tertiary alicyclic amines) is 1. The van der Waals surface area contributed by atoms with E-state index >= 15 is 0 Å². The van der Waals surface area contributed by atoms with Crippen LogP contribution in [-0.4, -0.2) is 66.1 Å². The van der Waals surface area contributed by atoms with Crippen LogP contribution in [0.3, 0.4) is 0 Å². The van der Waals surface area contributed by atoms with E-state index in [1.165, 1.54) is 36.4 Å². The molecular formula is C36H44F5N3O5. The lowest BCUT2D eigenvalue weighted by Gasteiger charge is -2.40. The molecule has 0 radical (unpaired) electrons. The summed E-state index contributed by atoms with van der Waals surface area (Å²) in [5.41, 5.74) is -0.718. The van der Waals surface area contributed by atoms with Crippen molar-refractivity contribution in [1.82, 2.24) is 9.88 Å².